The van der Waals surface area contributed by atoms with Crippen molar-refractivity contribution >= 4 is 23.5 Å². The molecule has 7 nitrogen and oxygen atoms in total. The van der Waals surface area contributed by atoms with Gasteiger partial charge in [0.25, 0.3) is 0 Å². The molecule has 3 heterocycles. The third-order valence-electron chi connectivity index (χ3n) is 4.58. The van der Waals surface area contributed by atoms with Crippen molar-refractivity contribution in [3.63, 3.8) is 0 Å². The molecule has 0 saturated heterocycles. The van der Waals surface area contributed by atoms with Gasteiger partial charge in [-0.2, -0.15) is 0 Å². The van der Waals surface area contributed by atoms with Gasteiger partial charge in [0.15, 0.2) is 0 Å². The van der Waals surface area contributed by atoms with Crippen molar-refractivity contribution in [2.45, 2.75) is 6.10 Å². The van der Waals surface area contributed by atoms with Crippen LogP contribution in [0.15, 0.2) is 79.0 Å². The number of thiophene rings is 1. The van der Waals surface area contributed by atoms with Gasteiger partial charge >= 0.3 is 5.97 Å². The van der Waals surface area contributed by atoms with E-state index >= 15 is 0 Å². The first-order valence-electron chi connectivity index (χ1n) is 9.79. The molecule has 0 saturated carbocycles. The normalized spacial score (nSPS) is 11.5. The summed E-state index contributed by atoms with van der Waals surface area (Å²) < 4.78 is 11.4. The molecule has 0 aliphatic rings. The predicted molar refractivity (Wildman–Crippen MR) is 124 cm³/mol. The van der Waals surface area contributed by atoms with Crippen molar-refractivity contribution < 1.29 is 14.3 Å². The highest BCUT2D eigenvalue weighted by molar-refractivity contribution is 7.13. The first-order chi connectivity index (χ1) is 15.7. The van der Waals surface area contributed by atoms with Gasteiger partial charge in [-0.15, -0.1) is 11.3 Å². The lowest BCUT2D eigenvalue weighted by Gasteiger charge is -2.20. The highest BCUT2D eigenvalue weighted by atomic mass is 32.1. The number of aromatic nitrogens is 3. The number of rotatable bonds is 9. The number of pyridine rings is 1. The van der Waals surface area contributed by atoms with Gasteiger partial charge in [0.05, 0.1) is 16.1 Å². The number of hydrogen-bond acceptors (Lipinski definition) is 7. The maximum atomic E-state index is 12.8. The van der Waals surface area contributed by atoms with Crippen LogP contribution < -0.4 is 4.74 Å². The van der Waals surface area contributed by atoms with E-state index in [-0.39, 0.29) is 12.5 Å². The van der Waals surface area contributed by atoms with Crippen molar-refractivity contribution in [1.82, 2.24) is 15.0 Å². The summed E-state index contributed by atoms with van der Waals surface area (Å²) in [5.74, 6) is 0.135. The van der Waals surface area contributed by atoms with E-state index in [1.165, 1.54) is 17.4 Å². The number of carbonyl (C=O) groups is 1. The van der Waals surface area contributed by atoms with Gasteiger partial charge in [-0.05, 0) is 17.5 Å². The number of carbonyl (C=O) groups excluding carboxylic acids is 1. The van der Waals surface area contributed by atoms with E-state index in [9.17, 15) is 4.79 Å². The van der Waals surface area contributed by atoms with Crippen molar-refractivity contribution in [2.75, 3.05) is 6.61 Å². The van der Waals surface area contributed by atoms with Crippen LogP contribution >= 0.6 is 11.3 Å². The smallest absolute Gasteiger partial charge is 0.352 e. The molecule has 0 aliphatic heterocycles. The number of imidazole rings is 1. The van der Waals surface area contributed by atoms with Crippen molar-refractivity contribution in [3.8, 4) is 27.8 Å². The van der Waals surface area contributed by atoms with Crippen molar-refractivity contribution in [3.05, 3.63) is 90.1 Å². The maximum Gasteiger partial charge on any atom is 0.352 e. The van der Waals surface area contributed by atoms with E-state index in [1.807, 2.05) is 41.8 Å². The number of H-pyrrole nitrogens is 1. The van der Waals surface area contributed by atoms with Crippen molar-refractivity contribution in [1.29, 1.82) is 5.41 Å². The molecule has 160 valence electrons. The highest BCUT2D eigenvalue weighted by Crippen LogP contribution is 2.35. The van der Waals surface area contributed by atoms with Gasteiger partial charge in [-0.25, -0.2) is 14.8 Å². The topological polar surface area (TPSA) is 101 Å². The molecule has 0 bridgehead atoms. The number of hydrogen-bond donors (Lipinski definition) is 2. The summed E-state index contributed by atoms with van der Waals surface area (Å²) >= 11 is 1.53. The first kappa shape index (κ1) is 21.2. The lowest BCUT2D eigenvalue weighted by Crippen LogP contribution is -2.22. The molecule has 4 aromatic rings. The van der Waals surface area contributed by atoms with E-state index < -0.39 is 12.1 Å². The Morgan fingerprint density at radius 1 is 1.25 bits per heavy atom. The Balaban J connectivity index is 1.83. The average molecular weight is 445 g/mol. The zero-order valence-corrected chi connectivity index (χ0v) is 17.8. The van der Waals surface area contributed by atoms with Gasteiger partial charge < -0.3 is 19.9 Å². The minimum absolute atomic E-state index is 0.0588. The first-order valence-corrected chi connectivity index (χ1v) is 10.7. The molecule has 3 aromatic heterocycles. The van der Waals surface area contributed by atoms with Gasteiger partial charge in [0, 0.05) is 29.7 Å². The lowest BCUT2D eigenvalue weighted by atomic mass is 10.1. The van der Waals surface area contributed by atoms with E-state index in [0.29, 0.717) is 28.2 Å². The van der Waals surface area contributed by atoms with Gasteiger partial charge in [-0.1, -0.05) is 49.1 Å². The Morgan fingerprint density at radius 3 is 2.75 bits per heavy atom. The largest absolute Gasteiger partial charge is 0.458 e. The average Bonchev–Trinajstić information content (AvgIpc) is 3.55. The molecule has 1 unspecified atom stereocenters. The third kappa shape index (κ3) is 4.50. The monoisotopic (exact) mass is 444 g/mol. The summed E-state index contributed by atoms with van der Waals surface area (Å²) in [7, 11) is 0. The summed E-state index contributed by atoms with van der Waals surface area (Å²) in [6.45, 7) is 3.65. The SMILES string of the molecule is C=CCOC(=O)C(Oc1nc(-c2cccs2)cc(-c2ncc[nH]2)c1C=N)c1ccccc1. The fourth-order valence-corrected chi connectivity index (χ4v) is 3.81. The highest BCUT2D eigenvalue weighted by Gasteiger charge is 2.27. The number of esters is 1. The second-order valence-electron chi connectivity index (χ2n) is 6.66. The van der Waals surface area contributed by atoms with Crippen LogP contribution in [-0.2, 0) is 9.53 Å². The van der Waals surface area contributed by atoms with Crippen LogP contribution in [0.5, 0.6) is 5.88 Å². The second kappa shape index (κ2) is 9.84. The maximum absolute atomic E-state index is 12.8. The quantitative estimate of drug-likeness (QED) is 0.214. The van der Waals surface area contributed by atoms with E-state index in [1.54, 1.807) is 24.5 Å². The van der Waals surface area contributed by atoms with Crippen LogP contribution in [0.1, 0.15) is 17.2 Å². The van der Waals surface area contributed by atoms with Gasteiger partial charge in [-0.3, -0.25) is 0 Å². The van der Waals surface area contributed by atoms with E-state index in [4.69, 9.17) is 14.9 Å². The molecule has 0 amide bonds. The Labute approximate surface area is 188 Å². The summed E-state index contributed by atoms with van der Waals surface area (Å²) in [5.41, 5.74) is 2.31. The standard InChI is InChI=1S/C24H20N4O3S/c1-2-12-30-24(29)21(16-7-4-3-5-8-16)31-23-18(15-25)17(22-26-10-11-27-22)14-19(28-23)20-9-6-13-32-20/h2-11,13-15,21,25H,1,12H2,(H,26,27). The minimum Gasteiger partial charge on any atom is -0.458 e. The van der Waals surface area contributed by atoms with Crippen LogP contribution in [-0.4, -0.2) is 33.7 Å². The summed E-state index contributed by atoms with van der Waals surface area (Å²) in [4.78, 5) is 25.8. The zero-order chi connectivity index (χ0) is 22.3. The van der Waals surface area contributed by atoms with E-state index in [2.05, 4.69) is 21.5 Å². The van der Waals surface area contributed by atoms with Gasteiger partial charge in [0.2, 0.25) is 12.0 Å². The Kier molecular flexibility index (Phi) is 6.52. The zero-order valence-electron chi connectivity index (χ0n) is 17.0. The number of aromatic amines is 1. The van der Waals surface area contributed by atoms with Crippen LogP contribution in [0, 0.1) is 5.41 Å². The Hall–Kier alpha value is -4.04. The molecular formula is C24H20N4O3S. The fourth-order valence-electron chi connectivity index (χ4n) is 3.13. The number of nitrogens with zero attached hydrogens (tertiary/aromatic N) is 2. The molecule has 0 aliphatic carbocycles. The Bertz CT molecular complexity index is 1210. The van der Waals surface area contributed by atoms with Crippen molar-refractivity contribution in [2.24, 2.45) is 0 Å². The molecular weight excluding hydrogens is 424 g/mol. The second-order valence-corrected chi connectivity index (χ2v) is 7.61. The Morgan fingerprint density at radius 2 is 2.09 bits per heavy atom. The molecule has 1 atom stereocenters. The van der Waals surface area contributed by atoms with E-state index in [0.717, 1.165) is 11.1 Å². The molecule has 4 rings (SSSR count). The molecule has 8 heteroatoms. The lowest BCUT2D eigenvalue weighted by molar-refractivity contribution is -0.151. The molecule has 2 N–H and O–H groups in total. The molecule has 0 spiro atoms. The molecule has 0 fully saturated rings. The van der Waals surface area contributed by atoms with Gasteiger partial charge in [0.1, 0.15) is 12.4 Å². The minimum atomic E-state index is -1.06. The molecule has 0 radical (unpaired) electrons. The van der Waals surface area contributed by atoms with Crippen LogP contribution in [0.3, 0.4) is 0 Å². The summed E-state index contributed by atoms with van der Waals surface area (Å²) in [6, 6.07) is 14.8. The van der Waals surface area contributed by atoms with Crippen LogP contribution in [0.4, 0.5) is 0 Å². The summed E-state index contributed by atoms with van der Waals surface area (Å²) in [6.07, 6.45) is 4.91. The number of ether oxygens (including phenoxy) is 2. The third-order valence-corrected chi connectivity index (χ3v) is 5.48. The predicted octanol–water partition coefficient (Wildman–Crippen LogP) is 5.05. The fraction of sp³-hybridized carbons (Fsp3) is 0.0833. The molecule has 32 heavy (non-hydrogen) atoms. The number of nitrogens with one attached hydrogen (secondary N) is 2. The van der Waals surface area contributed by atoms with Crippen LogP contribution in [0.2, 0.25) is 0 Å². The number of benzene rings is 1. The summed E-state index contributed by atoms with van der Waals surface area (Å²) in [5, 5.41) is 9.98. The molecule has 1 aromatic carbocycles. The van der Waals surface area contributed by atoms with Crippen LogP contribution in [0.25, 0.3) is 22.0 Å².